The molecule has 0 spiro atoms. The zero-order valence-electron chi connectivity index (χ0n) is 9.47. The third-order valence-corrected chi connectivity index (χ3v) is 2.12. The van der Waals surface area contributed by atoms with Crippen LogP contribution in [0.3, 0.4) is 0 Å². The Morgan fingerprint density at radius 1 is 1.50 bits per heavy atom. The van der Waals surface area contributed by atoms with Crippen molar-refractivity contribution in [2.75, 3.05) is 6.54 Å². The lowest BCUT2D eigenvalue weighted by atomic mass is 10.1. The van der Waals surface area contributed by atoms with Gasteiger partial charge >= 0.3 is 5.92 Å². The van der Waals surface area contributed by atoms with Gasteiger partial charge in [0.15, 0.2) is 0 Å². The van der Waals surface area contributed by atoms with E-state index in [1.165, 1.54) is 13.1 Å². The number of pyridine rings is 1. The molecular weight excluding hydrogens is 214 g/mol. The Balaban J connectivity index is 2.92. The molecule has 0 aliphatic heterocycles. The summed E-state index contributed by atoms with van der Waals surface area (Å²) in [6, 6.07) is 1.64. The van der Waals surface area contributed by atoms with Crippen LogP contribution in [0.4, 0.5) is 8.78 Å². The van der Waals surface area contributed by atoms with Crippen molar-refractivity contribution in [2.24, 2.45) is 0 Å². The fourth-order valence-corrected chi connectivity index (χ4v) is 1.42. The van der Waals surface area contributed by atoms with Gasteiger partial charge in [0.2, 0.25) is 5.91 Å². The molecule has 88 valence electrons. The van der Waals surface area contributed by atoms with Crippen molar-refractivity contribution in [3.63, 3.8) is 0 Å². The second-order valence-electron chi connectivity index (χ2n) is 3.79. The number of halogens is 2. The summed E-state index contributed by atoms with van der Waals surface area (Å²) in [4.78, 5) is 14.3. The van der Waals surface area contributed by atoms with Crippen LogP contribution in [-0.2, 0) is 10.7 Å². The molecule has 1 rings (SSSR count). The molecule has 1 aromatic heterocycles. The van der Waals surface area contributed by atoms with Crippen LogP contribution in [0.1, 0.15) is 23.7 Å². The minimum atomic E-state index is -3.14. The van der Waals surface area contributed by atoms with Crippen molar-refractivity contribution >= 4 is 5.91 Å². The molecule has 5 heteroatoms. The fraction of sp³-hybridized carbons (Fsp3) is 0.455. The number of alkyl halides is 2. The molecule has 0 bridgehead atoms. The Morgan fingerprint density at radius 3 is 2.62 bits per heavy atom. The standard InChI is InChI=1S/C11H14F2N2O/c1-7-4-8(2)10(14-5-7)11(12,13)6-15-9(3)16/h4-5H,6H2,1-3H3,(H,15,16). The molecule has 0 radical (unpaired) electrons. The van der Waals surface area contributed by atoms with Crippen LogP contribution < -0.4 is 5.32 Å². The van der Waals surface area contributed by atoms with Crippen molar-refractivity contribution in [1.82, 2.24) is 10.3 Å². The van der Waals surface area contributed by atoms with Gasteiger partial charge in [-0.05, 0) is 25.0 Å². The minimum Gasteiger partial charge on any atom is -0.350 e. The average molecular weight is 228 g/mol. The Hall–Kier alpha value is -1.52. The molecular formula is C11H14F2N2O. The summed E-state index contributed by atoms with van der Waals surface area (Å²) < 4.78 is 27.3. The molecule has 1 amide bonds. The molecule has 1 aromatic rings. The minimum absolute atomic E-state index is 0.285. The van der Waals surface area contributed by atoms with E-state index in [1.807, 2.05) is 0 Å². The predicted octanol–water partition coefficient (Wildman–Crippen LogP) is 1.93. The molecule has 0 aliphatic rings. The number of hydrogen-bond acceptors (Lipinski definition) is 2. The number of amides is 1. The van der Waals surface area contributed by atoms with E-state index in [1.54, 1.807) is 19.9 Å². The molecule has 0 aromatic carbocycles. The van der Waals surface area contributed by atoms with Crippen LogP contribution in [0.15, 0.2) is 12.3 Å². The highest BCUT2D eigenvalue weighted by atomic mass is 19.3. The van der Waals surface area contributed by atoms with Gasteiger partial charge in [-0.1, -0.05) is 6.07 Å². The van der Waals surface area contributed by atoms with E-state index in [0.29, 0.717) is 5.56 Å². The van der Waals surface area contributed by atoms with E-state index in [-0.39, 0.29) is 5.69 Å². The third-order valence-electron chi connectivity index (χ3n) is 2.12. The highest BCUT2D eigenvalue weighted by Gasteiger charge is 2.34. The van der Waals surface area contributed by atoms with E-state index in [2.05, 4.69) is 10.3 Å². The average Bonchev–Trinajstić information content (AvgIpc) is 2.14. The maximum absolute atomic E-state index is 13.6. The maximum atomic E-state index is 13.6. The van der Waals surface area contributed by atoms with E-state index < -0.39 is 18.4 Å². The highest BCUT2D eigenvalue weighted by molar-refractivity contribution is 5.72. The normalized spacial score (nSPS) is 11.3. The van der Waals surface area contributed by atoms with E-state index in [4.69, 9.17) is 0 Å². The highest BCUT2D eigenvalue weighted by Crippen LogP contribution is 2.28. The predicted molar refractivity (Wildman–Crippen MR) is 56.3 cm³/mol. The zero-order valence-corrected chi connectivity index (χ0v) is 9.47. The molecule has 0 saturated carbocycles. The summed E-state index contributed by atoms with van der Waals surface area (Å²) in [5, 5.41) is 2.10. The molecule has 0 fully saturated rings. The topological polar surface area (TPSA) is 42.0 Å². The second kappa shape index (κ2) is 4.55. The summed E-state index contributed by atoms with van der Waals surface area (Å²) in [6.45, 7) is 3.84. The number of rotatable bonds is 3. The van der Waals surface area contributed by atoms with Crippen molar-refractivity contribution in [1.29, 1.82) is 0 Å². The summed E-state index contributed by atoms with van der Waals surface area (Å²) >= 11 is 0. The first-order valence-electron chi connectivity index (χ1n) is 4.89. The number of nitrogens with one attached hydrogen (secondary N) is 1. The maximum Gasteiger partial charge on any atom is 0.306 e. The molecule has 0 aliphatic carbocycles. The summed E-state index contributed by atoms with van der Waals surface area (Å²) in [5.41, 5.74) is 0.971. The van der Waals surface area contributed by atoms with Gasteiger partial charge in [-0.3, -0.25) is 9.78 Å². The van der Waals surface area contributed by atoms with Gasteiger partial charge < -0.3 is 5.32 Å². The summed E-state index contributed by atoms with van der Waals surface area (Å²) in [7, 11) is 0. The lowest BCUT2D eigenvalue weighted by molar-refractivity contribution is -0.121. The largest absolute Gasteiger partial charge is 0.350 e. The number of carbonyl (C=O) groups is 1. The summed E-state index contributed by atoms with van der Waals surface area (Å²) in [6.07, 6.45) is 1.39. The van der Waals surface area contributed by atoms with Gasteiger partial charge in [-0.2, -0.15) is 8.78 Å². The zero-order chi connectivity index (χ0) is 12.3. The van der Waals surface area contributed by atoms with Gasteiger partial charge in [0.25, 0.3) is 0 Å². The molecule has 16 heavy (non-hydrogen) atoms. The molecule has 1 heterocycles. The van der Waals surface area contributed by atoms with Crippen LogP contribution in [0.2, 0.25) is 0 Å². The van der Waals surface area contributed by atoms with Crippen molar-refractivity contribution in [3.05, 3.63) is 29.1 Å². The monoisotopic (exact) mass is 228 g/mol. The van der Waals surface area contributed by atoms with E-state index in [0.717, 1.165) is 5.56 Å². The number of carbonyl (C=O) groups excluding carboxylic acids is 1. The van der Waals surface area contributed by atoms with E-state index in [9.17, 15) is 13.6 Å². The molecule has 3 nitrogen and oxygen atoms in total. The number of aromatic nitrogens is 1. The number of nitrogens with zero attached hydrogens (tertiary/aromatic N) is 1. The molecule has 1 N–H and O–H groups in total. The third kappa shape index (κ3) is 2.98. The second-order valence-corrected chi connectivity index (χ2v) is 3.79. The first-order chi connectivity index (χ1) is 7.33. The molecule has 0 saturated heterocycles. The van der Waals surface area contributed by atoms with Gasteiger partial charge in [0.1, 0.15) is 5.69 Å². The van der Waals surface area contributed by atoms with Gasteiger partial charge in [-0.25, -0.2) is 0 Å². The quantitative estimate of drug-likeness (QED) is 0.858. The lowest BCUT2D eigenvalue weighted by Gasteiger charge is -2.18. The van der Waals surface area contributed by atoms with Gasteiger partial charge in [0, 0.05) is 13.1 Å². The van der Waals surface area contributed by atoms with Crippen LogP contribution in [0.5, 0.6) is 0 Å². The lowest BCUT2D eigenvalue weighted by Crippen LogP contribution is -2.34. The Labute approximate surface area is 92.9 Å². The van der Waals surface area contributed by atoms with Crippen LogP contribution >= 0.6 is 0 Å². The van der Waals surface area contributed by atoms with Gasteiger partial charge in [0.05, 0.1) is 6.54 Å². The van der Waals surface area contributed by atoms with E-state index >= 15 is 0 Å². The Bertz CT molecular complexity index is 405. The smallest absolute Gasteiger partial charge is 0.306 e. The molecule has 0 unspecified atom stereocenters. The van der Waals surface area contributed by atoms with Crippen molar-refractivity contribution in [2.45, 2.75) is 26.7 Å². The fourth-order valence-electron chi connectivity index (χ4n) is 1.42. The van der Waals surface area contributed by atoms with Crippen molar-refractivity contribution < 1.29 is 13.6 Å². The number of aryl methyl sites for hydroxylation is 2. The van der Waals surface area contributed by atoms with Gasteiger partial charge in [-0.15, -0.1) is 0 Å². The van der Waals surface area contributed by atoms with Crippen LogP contribution in [0, 0.1) is 13.8 Å². The molecule has 0 atom stereocenters. The Kier molecular flexibility index (Phi) is 3.57. The number of hydrogen-bond donors (Lipinski definition) is 1. The first kappa shape index (κ1) is 12.5. The van der Waals surface area contributed by atoms with Crippen LogP contribution in [0.25, 0.3) is 0 Å². The summed E-state index contributed by atoms with van der Waals surface area (Å²) in [5.74, 6) is -3.62. The first-order valence-corrected chi connectivity index (χ1v) is 4.89. The Morgan fingerprint density at radius 2 is 2.12 bits per heavy atom. The van der Waals surface area contributed by atoms with Crippen molar-refractivity contribution in [3.8, 4) is 0 Å². The van der Waals surface area contributed by atoms with Crippen LogP contribution in [-0.4, -0.2) is 17.4 Å². The SMILES string of the molecule is CC(=O)NCC(F)(F)c1ncc(C)cc1C.